The van der Waals surface area contributed by atoms with E-state index in [-0.39, 0.29) is 0 Å². The first-order chi connectivity index (χ1) is 9.65. The van der Waals surface area contributed by atoms with Crippen LogP contribution in [0.1, 0.15) is 30.5 Å². The van der Waals surface area contributed by atoms with Gasteiger partial charge in [0.1, 0.15) is 10.5 Å². The molecule has 0 atom stereocenters. The van der Waals surface area contributed by atoms with Gasteiger partial charge in [0, 0.05) is 16.8 Å². The lowest BCUT2D eigenvalue weighted by molar-refractivity contribution is 0.708. The number of halogens is 2. The van der Waals surface area contributed by atoms with Crippen LogP contribution in [-0.4, -0.2) is 9.97 Å². The first-order valence-electron chi connectivity index (χ1n) is 6.72. The van der Waals surface area contributed by atoms with Crippen LogP contribution in [0.2, 0.25) is 10.0 Å². The number of benzene rings is 1. The van der Waals surface area contributed by atoms with Crippen molar-refractivity contribution in [1.82, 2.24) is 9.97 Å². The molecule has 0 unspecified atom stereocenters. The Hall–Kier alpha value is -0.900. The van der Waals surface area contributed by atoms with Gasteiger partial charge < -0.3 is 4.98 Å². The summed E-state index contributed by atoms with van der Waals surface area (Å²) in [6.07, 6.45) is 5.70. The molecule has 0 radical (unpaired) electrons. The quantitative estimate of drug-likeness (QED) is 0.563. The molecule has 1 aliphatic rings. The number of aromatic nitrogens is 2. The van der Waals surface area contributed by atoms with Gasteiger partial charge in [-0.1, -0.05) is 41.8 Å². The van der Waals surface area contributed by atoms with Crippen molar-refractivity contribution in [3.8, 4) is 11.4 Å². The summed E-state index contributed by atoms with van der Waals surface area (Å²) in [6.45, 7) is 0. The molecular formula is C15H14Cl2N2S. The Morgan fingerprint density at radius 2 is 1.85 bits per heavy atom. The van der Waals surface area contributed by atoms with Crippen LogP contribution in [0.3, 0.4) is 0 Å². The highest BCUT2D eigenvalue weighted by molar-refractivity contribution is 7.71. The van der Waals surface area contributed by atoms with E-state index in [0.29, 0.717) is 14.7 Å². The van der Waals surface area contributed by atoms with E-state index < -0.39 is 0 Å². The van der Waals surface area contributed by atoms with E-state index in [1.54, 1.807) is 6.07 Å². The molecule has 5 heteroatoms. The first kappa shape index (κ1) is 14.1. The predicted octanol–water partition coefficient (Wildman–Crippen LogP) is 5.38. The van der Waals surface area contributed by atoms with Crippen molar-refractivity contribution in [3.63, 3.8) is 0 Å². The molecule has 1 heterocycles. The van der Waals surface area contributed by atoms with Crippen LogP contribution in [0.25, 0.3) is 11.4 Å². The molecule has 2 nitrogen and oxygen atoms in total. The van der Waals surface area contributed by atoms with Crippen molar-refractivity contribution in [1.29, 1.82) is 0 Å². The average Bonchev–Trinajstić information content (AvgIpc) is 2.67. The minimum absolute atomic E-state index is 0.528. The second kappa shape index (κ2) is 5.84. The SMILES string of the molecule is S=c1nc(-c2ccc(Cl)c(Cl)c2)[nH]c2c1CCCCC2. The number of rotatable bonds is 1. The van der Waals surface area contributed by atoms with Gasteiger partial charge >= 0.3 is 0 Å². The molecule has 2 aromatic rings. The fraction of sp³-hybridized carbons (Fsp3) is 0.333. The van der Waals surface area contributed by atoms with Gasteiger partial charge in [-0.15, -0.1) is 0 Å². The second-order valence-corrected chi connectivity index (χ2v) is 6.24. The summed E-state index contributed by atoms with van der Waals surface area (Å²) >= 11 is 17.5. The lowest BCUT2D eigenvalue weighted by atomic mass is 10.1. The largest absolute Gasteiger partial charge is 0.343 e. The van der Waals surface area contributed by atoms with Crippen LogP contribution in [0.4, 0.5) is 0 Å². The average molecular weight is 325 g/mol. The molecule has 0 amide bonds. The lowest BCUT2D eigenvalue weighted by Gasteiger charge is -2.10. The highest BCUT2D eigenvalue weighted by Gasteiger charge is 2.13. The standard InChI is InChI=1S/C15H14Cl2N2S/c16-11-7-6-9(8-12(11)17)14-18-13-5-3-1-2-4-10(13)15(20)19-14/h6-8H,1-5H2,(H,18,19,20). The molecule has 1 N–H and O–H groups in total. The van der Waals surface area contributed by atoms with Crippen molar-refractivity contribution in [2.45, 2.75) is 32.1 Å². The van der Waals surface area contributed by atoms with E-state index in [4.69, 9.17) is 35.4 Å². The van der Waals surface area contributed by atoms with E-state index in [0.717, 1.165) is 24.2 Å². The van der Waals surface area contributed by atoms with Crippen molar-refractivity contribution in [3.05, 3.63) is 44.1 Å². The van der Waals surface area contributed by atoms with Gasteiger partial charge in [-0.3, -0.25) is 0 Å². The Bertz CT molecular complexity index is 710. The molecule has 0 saturated heterocycles. The molecule has 1 aromatic carbocycles. The number of nitrogens with one attached hydrogen (secondary N) is 1. The number of nitrogens with zero attached hydrogens (tertiary/aromatic N) is 1. The Labute approximate surface area is 133 Å². The van der Waals surface area contributed by atoms with Gasteiger partial charge in [0.2, 0.25) is 0 Å². The van der Waals surface area contributed by atoms with Crippen molar-refractivity contribution in [2.75, 3.05) is 0 Å². The second-order valence-electron chi connectivity index (χ2n) is 5.04. The molecule has 20 heavy (non-hydrogen) atoms. The summed E-state index contributed by atoms with van der Waals surface area (Å²) < 4.78 is 0.710. The molecule has 104 valence electrons. The minimum Gasteiger partial charge on any atom is -0.343 e. The summed E-state index contributed by atoms with van der Waals surface area (Å²) in [4.78, 5) is 7.96. The van der Waals surface area contributed by atoms with E-state index in [1.807, 2.05) is 12.1 Å². The molecular weight excluding hydrogens is 311 g/mol. The normalized spacial score (nSPS) is 14.7. The zero-order valence-electron chi connectivity index (χ0n) is 10.9. The van der Waals surface area contributed by atoms with Crippen LogP contribution in [0, 0.1) is 4.64 Å². The van der Waals surface area contributed by atoms with Gasteiger partial charge in [0.05, 0.1) is 10.0 Å². The maximum atomic E-state index is 6.07. The fourth-order valence-corrected chi connectivity index (χ4v) is 3.19. The topological polar surface area (TPSA) is 28.7 Å². The highest BCUT2D eigenvalue weighted by Crippen LogP contribution is 2.28. The van der Waals surface area contributed by atoms with Crippen molar-refractivity contribution in [2.24, 2.45) is 0 Å². The maximum Gasteiger partial charge on any atom is 0.139 e. The summed E-state index contributed by atoms with van der Waals surface area (Å²) in [5.74, 6) is 0.772. The number of aryl methyl sites for hydroxylation is 1. The third-order valence-electron chi connectivity index (χ3n) is 3.65. The van der Waals surface area contributed by atoms with E-state index in [2.05, 4.69) is 9.97 Å². The van der Waals surface area contributed by atoms with Crippen molar-refractivity contribution >= 4 is 35.4 Å². The van der Waals surface area contributed by atoms with E-state index in [9.17, 15) is 0 Å². The molecule has 0 aliphatic heterocycles. The summed E-state index contributed by atoms with van der Waals surface area (Å²) in [6, 6.07) is 5.51. The Kier molecular flexibility index (Phi) is 4.11. The molecule has 1 aromatic heterocycles. The minimum atomic E-state index is 0.528. The predicted molar refractivity (Wildman–Crippen MR) is 86.1 cm³/mol. The highest BCUT2D eigenvalue weighted by atomic mass is 35.5. The Balaban J connectivity index is 2.10. The maximum absolute atomic E-state index is 6.07. The van der Waals surface area contributed by atoms with Gasteiger partial charge in [0.15, 0.2) is 0 Å². The first-order valence-corrected chi connectivity index (χ1v) is 7.89. The van der Waals surface area contributed by atoms with Crippen LogP contribution >= 0.6 is 35.4 Å². The molecule has 0 fully saturated rings. The molecule has 0 bridgehead atoms. The van der Waals surface area contributed by atoms with Gasteiger partial charge in [-0.2, -0.15) is 0 Å². The summed E-state index contributed by atoms with van der Waals surface area (Å²) in [5.41, 5.74) is 3.35. The zero-order chi connectivity index (χ0) is 14.1. The third kappa shape index (κ3) is 2.76. The lowest BCUT2D eigenvalue weighted by Crippen LogP contribution is -2.02. The van der Waals surface area contributed by atoms with Gasteiger partial charge in [-0.25, -0.2) is 4.98 Å². The van der Waals surface area contributed by atoms with E-state index in [1.165, 1.54) is 30.5 Å². The van der Waals surface area contributed by atoms with Crippen LogP contribution < -0.4 is 0 Å². The zero-order valence-corrected chi connectivity index (χ0v) is 13.2. The monoisotopic (exact) mass is 324 g/mol. The van der Waals surface area contributed by atoms with Crippen LogP contribution in [-0.2, 0) is 12.8 Å². The molecule has 0 saturated carbocycles. The number of H-pyrrole nitrogens is 1. The Morgan fingerprint density at radius 1 is 1.05 bits per heavy atom. The molecule has 1 aliphatic carbocycles. The number of hydrogen-bond donors (Lipinski definition) is 1. The smallest absolute Gasteiger partial charge is 0.139 e. The van der Waals surface area contributed by atoms with E-state index >= 15 is 0 Å². The van der Waals surface area contributed by atoms with Gasteiger partial charge in [0.25, 0.3) is 0 Å². The third-order valence-corrected chi connectivity index (χ3v) is 4.73. The number of aromatic amines is 1. The fourth-order valence-electron chi connectivity index (χ4n) is 2.58. The van der Waals surface area contributed by atoms with Gasteiger partial charge in [-0.05, 0) is 43.9 Å². The van der Waals surface area contributed by atoms with Crippen molar-refractivity contribution < 1.29 is 0 Å². The molecule has 0 spiro atoms. The summed E-state index contributed by atoms with van der Waals surface area (Å²) in [5, 5.41) is 1.07. The summed E-state index contributed by atoms with van der Waals surface area (Å²) in [7, 11) is 0. The number of fused-ring (bicyclic) bond motifs is 1. The number of hydrogen-bond acceptors (Lipinski definition) is 2. The Morgan fingerprint density at radius 3 is 2.65 bits per heavy atom. The van der Waals surface area contributed by atoms with Crippen LogP contribution in [0.5, 0.6) is 0 Å². The molecule has 3 rings (SSSR count). The van der Waals surface area contributed by atoms with Crippen LogP contribution in [0.15, 0.2) is 18.2 Å².